The second-order valence-corrected chi connectivity index (χ2v) is 4.68. The molecule has 0 saturated carbocycles. The Bertz CT molecular complexity index is 411. The van der Waals surface area contributed by atoms with Crippen LogP contribution in [0.25, 0.3) is 0 Å². The Balaban J connectivity index is 2.38. The Labute approximate surface area is 112 Å². The number of ether oxygens (including phenoxy) is 1. The third-order valence-corrected chi connectivity index (χ3v) is 3.37. The molecule has 1 aliphatic heterocycles. The molecule has 0 spiro atoms. The summed E-state index contributed by atoms with van der Waals surface area (Å²) in [6, 6.07) is 5.50. The van der Waals surface area contributed by atoms with E-state index < -0.39 is 0 Å². The Morgan fingerprint density at radius 3 is 2.59 bits per heavy atom. The van der Waals surface area contributed by atoms with Crippen molar-refractivity contribution in [1.82, 2.24) is 5.32 Å². The largest absolute Gasteiger partial charge is 0.496 e. The van der Waals surface area contributed by atoms with Gasteiger partial charge in [0.2, 0.25) is 0 Å². The Kier molecular flexibility index (Phi) is 4.32. The summed E-state index contributed by atoms with van der Waals surface area (Å²) in [5.41, 5.74) is 0.894. The molecule has 0 bridgehead atoms. The molecule has 2 nitrogen and oxygen atoms in total. The summed E-state index contributed by atoms with van der Waals surface area (Å²) < 4.78 is 5.61. The van der Waals surface area contributed by atoms with Crippen LogP contribution in [0.15, 0.2) is 30.0 Å². The first-order chi connectivity index (χ1) is 8.24. The fourth-order valence-electron chi connectivity index (χ4n) is 1.97. The van der Waals surface area contributed by atoms with Gasteiger partial charge >= 0.3 is 0 Å². The van der Waals surface area contributed by atoms with Gasteiger partial charge in [0.1, 0.15) is 5.76 Å². The summed E-state index contributed by atoms with van der Waals surface area (Å²) >= 11 is 12.5. The first-order valence-electron chi connectivity index (χ1n) is 5.74. The van der Waals surface area contributed by atoms with Crippen LogP contribution in [0.1, 0.15) is 24.9 Å². The van der Waals surface area contributed by atoms with Gasteiger partial charge < -0.3 is 10.1 Å². The first-order valence-corrected chi connectivity index (χ1v) is 6.49. The van der Waals surface area contributed by atoms with Gasteiger partial charge in [-0.2, -0.15) is 0 Å². The third kappa shape index (κ3) is 2.76. The predicted octanol–water partition coefficient (Wildman–Crippen LogP) is 3.95. The molecule has 0 aromatic heterocycles. The Morgan fingerprint density at radius 1 is 1.35 bits per heavy atom. The highest BCUT2D eigenvalue weighted by molar-refractivity contribution is 6.36. The number of hydrogen-bond acceptors (Lipinski definition) is 2. The van der Waals surface area contributed by atoms with Crippen LogP contribution in [0.5, 0.6) is 0 Å². The average Bonchev–Trinajstić information content (AvgIpc) is 2.80. The van der Waals surface area contributed by atoms with Crippen molar-refractivity contribution in [2.75, 3.05) is 13.2 Å². The second kappa shape index (κ2) is 5.76. The van der Waals surface area contributed by atoms with E-state index in [1.807, 2.05) is 25.1 Å². The highest BCUT2D eigenvalue weighted by Gasteiger charge is 2.24. The van der Waals surface area contributed by atoms with Gasteiger partial charge in [-0.1, -0.05) is 36.2 Å². The first kappa shape index (κ1) is 12.7. The van der Waals surface area contributed by atoms with Crippen molar-refractivity contribution in [3.63, 3.8) is 0 Å². The minimum Gasteiger partial charge on any atom is -0.496 e. The minimum atomic E-state index is -0.0521. The lowest BCUT2D eigenvalue weighted by Crippen LogP contribution is -2.23. The van der Waals surface area contributed by atoms with E-state index in [2.05, 4.69) is 11.4 Å². The molecule has 2 rings (SSSR count). The van der Waals surface area contributed by atoms with Gasteiger partial charge in [0.25, 0.3) is 0 Å². The monoisotopic (exact) mass is 271 g/mol. The predicted molar refractivity (Wildman–Crippen MR) is 71.5 cm³/mol. The molecule has 1 unspecified atom stereocenters. The van der Waals surface area contributed by atoms with Crippen LogP contribution in [-0.2, 0) is 4.74 Å². The normalized spacial score (nSPS) is 16.5. The SMILES string of the molecule is CCNC(C1=CCCO1)c1c(Cl)cccc1Cl. The maximum absolute atomic E-state index is 6.23. The van der Waals surface area contributed by atoms with Gasteiger partial charge in [-0.25, -0.2) is 0 Å². The van der Waals surface area contributed by atoms with E-state index in [-0.39, 0.29) is 6.04 Å². The molecule has 0 fully saturated rings. The van der Waals surface area contributed by atoms with E-state index in [0.29, 0.717) is 10.0 Å². The summed E-state index contributed by atoms with van der Waals surface area (Å²) in [5.74, 6) is 0.918. The average molecular weight is 272 g/mol. The van der Waals surface area contributed by atoms with Gasteiger partial charge in [0.05, 0.1) is 12.6 Å². The van der Waals surface area contributed by atoms with Crippen molar-refractivity contribution in [2.45, 2.75) is 19.4 Å². The summed E-state index contributed by atoms with van der Waals surface area (Å²) in [7, 11) is 0. The highest BCUT2D eigenvalue weighted by Crippen LogP contribution is 2.35. The molecule has 0 aliphatic carbocycles. The molecule has 1 aromatic carbocycles. The van der Waals surface area contributed by atoms with E-state index in [1.165, 1.54) is 0 Å². The number of halogens is 2. The van der Waals surface area contributed by atoms with Crippen molar-refractivity contribution in [3.05, 3.63) is 45.6 Å². The molecule has 0 amide bonds. The molecule has 1 aliphatic rings. The molecular weight excluding hydrogens is 257 g/mol. The topological polar surface area (TPSA) is 21.3 Å². The molecule has 1 atom stereocenters. The summed E-state index contributed by atoms with van der Waals surface area (Å²) in [6.07, 6.45) is 3.03. The van der Waals surface area contributed by atoms with Gasteiger partial charge in [-0.15, -0.1) is 0 Å². The Hall–Kier alpha value is -0.700. The molecular formula is C13H15Cl2NO. The van der Waals surface area contributed by atoms with Crippen LogP contribution >= 0.6 is 23.2 Å². The molecule has 1 heterocycles. The van der Waals surface area contributed by atoms with Crippen LogP contribution in [0.2, 0.25) is 10.0 Å². The summed E-state index contributed by atoms with van der Waals surface area (Å²) in [5, 5.41) is 4.69. The van der Waals surface area contributed by atoms with Gasteiger partial charge in [0, 0.05) is 22.0 Å². The van der Waals surface area contributed by atoms with Crippen LogP contribution in [0.3, 0.4) is 0 Å². The maximum Gasteiger partial charge on any atom is 0.114 e. The van der Waals surface area contributed by atoms with Crippen LogP contribution in [0.4, 0.5) is 0 Å². The van der Waals surface area contributed by atoms with Crippen molar-refractivity contribution < 1.29 is 4.74 Å². The second-order valence-electron chi connectivity index (χ2n) is 3.87. The van der Waals surface area contributed by atoms with E-state index in [4.69, 9.17) is 27.9 Å². The zero-order valence-electron chi connectivity index (χ0n) is 9.67. The third-order valence-electron chi connectivity index (χ3n) is 2.71. The summed E-state index contributed by atoms with van der Waals surface area (Å²) in [6.45, 7) is 3.61. The van der Waals surface area contributed by atoms with Crippen molar-refractivity contribution >= 4 is 23.2 Å². The lowest BCUT2D eigenvalue weighted by Gasteiger charge is -2.21. The molecule has 4 heteroatoms. The van der Waals surface area contributed by atoms with Crippen molar-refractivity contribution in [1.29, 1.82) is 0 Å². The number of benzene rings is 1. The van der Waals surface area contributed by atoms with E-state index in [1.54, 1.807) is 0 Å². The van der Waals surface area contributed by atoms with Crippen LogP contribution in [-0.4, -0.2) is 13.2 Å². The van der Waals surface area contributed by atoms with E-state index in [0.717, 1.165) is 30.9 Å². The zero-order valence-corrected chi connectivity index (χ0v) is 11.2. The summed E-state index contributed by atoms with van der Waals surface area (Å²) in [4.78, 5) is 0. The lowest BCUT2D eigenvalue weighted by molar-refractivity contribution is 0.216. The molecule has 0 saturated heterocycles. The van der Waals surface area contributed by atoms with Gasteiger partial charge in [0.15, 0.2) is 0 Å². The van der Waals surface area contributed by atoms with Gasteiger partial charge in [-0.3, -0.25) is 0 Å². The zero-order chi connectivity index (χ0) is 12.3. The number of hydrogen-bond donors (Lipinski definition) is 1. The quantitative estimate of drug-likeness (QED) is 0.896. The molecule has 0 radical (unpaired) electrons. The van der Waals surface area contributed by atoms with Crippen molar-refractivity contribution in [2.24, 2.45) is 0 Å². The van der Waals surface area contributed by atoms with E-state index >= 15 is 0 Å². The standard InChI is InChI=1S/C13H15Cl2NO/c1-2-16-13(11-7-4-8-17-11)12-9(14)5-3-6-10(12)15/h3,5-7,13,16H,2,4,8H2,1H3. The number of likely N-dealkylation sites (N-methyl/N-ethyl adjacent to an activating group) is 1. The van der Waals surface area contributed by atoms with E-state index in [9.17, 15) is 0 Å². The Morgan fingerprint density at radius 2 is 2.06 bits per heavy atom. The molecule has 92 valence electrons. The van der Waals surface area contributed by atoms with Gasteiger partial charge in [-0.05, 0) is 24.8 Å². The minimum absolute atomic E-state index is 0.0521. The van der Waals surface area contributed by atoms with Crippen LogP contribution < -0.4 is 5.32 Å². The lowest BCUT2D eigenvalue weighted by atomic mass is 10.0. The number of nitrogens with one attached hydrogen (secondary N) is 1. The highest BCUT2D eigenvalue weighted by atomic mass is 35.5. The van der Waals surface area contributed by atoms with Crippen LogP contribution in [0, 0.1) is 0 Å². The van der Waals surface area contributed by atoms with Crippen molar-refractivity contribution in [3.8, 4) is 0 Å². The molecule has 1 N–H and O–H groups in total. The fourth-order valence-corrected chi connectivity index (χ4v) is 2.59. The number of rotatable bonds is 4. The smallest absolute Gasteiger partial charge is 0.114 e. The molecule has 1 aromatic rings. The molecule has 17 heavy (non-hydrogen) atoms. The maximum atomic E-state index is 6.23. The fraction of sp³-hybridized carbons (Fsp3) is 0.385.